The first-order valence-corrected chi connectivity index (χ1v) is 12.7. The maximum absolute atomic E-state index is 6.52. The highest BCUT2D eigenvalue weighted by Crippen LogP contribution is 2.63. The van der Waals surface area contributed by atoms with Gasteiger partial charge in [-0.15, -0.1) is 0 Å². The first kappa shape index (κ1) is 30.3. The Morgan fingerprint density at radius 2 is 1.03 bits per heavy atom. The highest BCUT2D eigenvalue weighted by atomic mass is 35.6. The second-order valence-electron chi connectivity index (χ2n) is 5.92. The molecule has 0 saturated heterocycles. The van der Waals surface area contributed by atoms with E-state index in [0.29, 0.717) is 18.4 Å². The topological polar surface area (TPSA) is 0 Å². The molecule has 0 radical (unpaired) electrons. The second-order valence-corrected chi connectivity index (χ2v) is 15.8. The van der Waals surface area contributed by atoms with Crippen LogP contribution in [0.2, 0.25) is 0 Å². The fourth-order valence-corrected chi connectivity index (χ4v) is 5.26. The molecular formula is C15H10Cl14. The molecule has 1 aromatic rings. The highest BCUT2D eigenvalue weighted by Gasteiger charge is 2.63. The van der Waals surface area contributed by atoms with Crippen LogP contribution < -0.4 is 0 Å². The van der Waals surface area contributed by atoms with Crippen molar-refractivity contribution in [2.45, 2.75) is 44.7 Å². The molecule has 1 rings (SSSR count). The molecule has 0 aliphatic carbocycles. The fourth-order valence-electron chi connectivity index (χ4n) is 2.26. The molecule has 0 fully saturated rings. The Morgan fingerprint density at radius 1 is 0.621 bits per heavy atom. The Hall–Kier alpha value is 3.28. The molecule has 0 unspecified atom stereocenters. The molecule has 0 saturated carbocycles. The minimum Gasteiger partial charge on any atom is -0.0930 e. The van der Waals surface area contributed by atoms with Crippen molar-refractivity contribution in [1.82, 2.24) is 0 Å². The number of halogens is 14. The Bertz CT molecular complexity index is 726. The van der Waals surface area contributed by atoms with Crippen molar-refractivity contribution >= 4 is 162 Å². The van der Waals surface area contributed by atoms with E-state index in [-0.39, 0.29) is 11.1 Å². The van der Waals surface area contributed by atoms with Crippen molar-refractivity contribution in [2.24, 2.45) is 0 Å². The number of benzene rings is 1. The van der Waals surface area contributed by atoms with Crippen LogP contribution >= 0.6 is 162 Å². The molecule has 0 bridgehead atoms. The number of hydrogen-bond acceptors (Lipinski definition) is 0. The zero-order chi connectivity index (χ0) is 23.3. The SMILES string of the molecule is CCCc1ccc(C(Cl)(Cl)C(Cl)(Cl)C(Cl)(Cl)Cl)cc1C(Cl)(Cl)C(Cl)(Cl)C(Cl)(Cl)Cl. The predicted octanol–water partition coefficient (Wildman–Crippen LogP) is 11.0. The van der Waals surface area contributed by atoms with E-state index >= 15 is 0 Å². The van der Waals surface area contributed by atoms with E-state index in [4.69, 9.17) is 162 Å². The van der Waals surface area contributed by atoms with E-state index in [9.17, 15) is 0 Å². The predicted molar refractivity (Wildman–Crippen MR) is 137 cm³/mol. The summed E-state index contributed by atoms with van der Waals surface area (Å²) in [5, 5.41) is 0. The molecule has 29 heavy (non-hydrogen) atoms. The lowest BCUT2D eigenvalue weighted by atomic mass is 9.94. The number of rotatable bonds is 6. The van der Waals surface area contributed by atoms with Gasteiger partial charge in [0, 0.05) is 0 Å². The zero-order valence-corrected chi connectivity index (χ0v) is 24.5. The Kier molecular flexibility index (Phi) is 10.6. The van der Waals surface area contributed by atoms with Gasteiger partial charge in [0.25, 0.3) is 0 Å². The van der Waals surface area contributed by atoms with Crippen LogP contribution in [-0.4, -0.2) is 16.3 Å². The van der Waals surface area contributed by atoms with Gasteiger partial charge in [0.05, 0.1) is 0 Å². The molecule has 0 spiro atoms. The van der Waals surface area contributed by atoms with Crippen LogP contribution in [-0.2, 0) is 15.1 Å². The molecule has 0 atom stereocenters. The van der Waals surface area contributed by atoms with E-state index in [1.165, 1.54) is 12.1 Å². The summed E-state index contributed by atoms with van der Waals surface area (Å²) in [6.07, 6.45) is 1.22. The lowest BCUT2D eigenvalue weighted by Crippen LogP contribution is -2.46. The maximum atomic E-state index is 6.52. The van der Waals surface area contributed by atoms with Gasteiger partial charge >= 0.3 is 0 Å². The van der Waals surface area contributed by atoms with Crippen LogP contribution in [0.5, 0.6) is 0 Å². The molecule has 1 aromatic carbocycles. The summed E-state index contributed by atoms with van der Waals surface area (Å²) >= 11 is 86.1. The van der Waals surface area contributed by atoms with Crippen LogP contribution in [0.4, 0.5) is 0 Å². The van der Waals surface area contributed by atoms with E-state index in [2.05, 4.69) is 0 Å². The van der Waals surface area contributed by atoms with Crippen LogP contribution in [0.1, 0.15) is 30.0 Å². The van der Waals surface area contributed by atoms with Gasteiger partial charge in [0.2, 0.25) is 16.3 Å². The lowest BCUT2D eigenvalue weighted by molar-refractivity contribution is 0.673. The first-order chi connectivity index (χ1) is 12.7. The number of aryl methyl sites for hydroxylation is 1. The van der Waals surface area contributed by atoms with Gasteiger partial charge in [-0.3, -0.25) is 0 Å². The standard InChI is InChI=1S/C15H10Cl14/c1-2-3-7-4-5-8(10(16,17)12(20,21)14(24,25)26)6-9(7)11(18,19)13(22,23)15(27,28)29/h4-6H,2-3H2,1H3. The molecule has 0 nitrogen and oxygen atoms in total. The van der Waals surface area contributed by atoms with Crippen LogP contribution in [0.15, 0.2) is 18.2 Å². The molecular weight excluding hydrogens is 677 g/mol. The largest absolute Gasteiger partial charge is 0.226 e. The third-order valence-electron chi connectivity index (χ3n) is 3.83. The number of hydrogen-bond donors (Lipinski definition) is 0. The summed E-state index contributed by atoms with van der Waals surface area (Å²) in [5.41, 5.74) is 0.843. The fraction of sp³-hybridized carbons (Fsp3) is 0.600. The minimum atomic E-state index is -2.30. The van der Waals surface area contributed by atoms with Crippen molar-refractivity contribution in [2.75, 3.05) is 0 Å². The molecule has 0 aliphatic rings. The van der Waals surface area contributed by atoms with Gasteiger partial charge in [-0.05, 0) is 29.2 Å². The van der Waals surface area contributed by atoms with Crippen molar-refractivity contribution in [3.05, 3.63) is 34.9 Å². The molecule has 168 valence electrons. The number of alkyl halides is 14. The van der Waals surface area contributed by atoms with Gasteiger partial charge in [0.1, 0.15) is 0 Å². The monoisotopic (exact) mass is 680 g/mol. The summed E-state index contributed by atoms with van der Waals surface area (Å²) in [5.74, 6) is 0. The lowest BCUT2D eigenvalue weighted by Gasteiger charge is -2.41. The minimum absolute atomic E-state index is 0.0751. The highest BCUT2D eigenvalue weighted by molar-refractivity contribution is 6.79. The summed E-state index contributed by atoms with van der Waals surface area (Å²) in [6.45, 7) is 1.92. The maximum Gasteiger partial charge on any atom is 0.226 e. The molecule has 0 aliphatic heterocycles. The average Bonchev–Trinajstić information content (AvgIpc) is 2.52. The molecule has 14 heteroatoms. The smallest absolute Gasteiger partial charge is 0.0930 e. The van der Waals surface area contributed by atoms with Crippen LogP contribution in [0, 0.1) is 0 Å². The molecule has 0 heterocycles. The van der Waals surface area contributed by atoms with Gasteiger partial charge in [-0.2, -0.15) is 0 Å². The summed E-state index contributed by atoms with van der Waals surface area (Å²) < 4.78 is -13.4. The van der Waals surface area contributed by atoms with E-state index in [1.54, 1.807) is 6.07 Å². The van der Waals surface area contributed by atoms with Crippen molar-refractivity contribution in [3.63, 3.8) is 0 Å². The van der Waals surface area contributed by atoms with E-state index in [1.807, 2.05) is 6.92 Å². The summed E-state index contributed by atoms with van der Waals surface area (Å²) in [4.78, 5) is 0. The van der Waals surface area contributed by atoms with E-state index in [0.717, 1.165) is 0 Å². The van der Waals surface area contributed by atoms with Gasteiger partial charge in [-0.25, -0.2) is 0 Å². The normalized spacial score (nSPS) is 15.0. The first-order valence-electron chi connectivity index (χ1n) is 7.44. The van der Waals surface area contributed by atoms with Gasteiger partial charge < -0.3 is 0 Å². The zero-order valence-electron chi connectivity index (χ0n) is 13.9. The van der Waals surface area contributed by atoms with Crippen molar-refractivity contribution < 1.29 is 0 Å². The third kappa shape index (κ3) is 5.92. The van der Waals surface area contributed by atoms with Crippen LogP contribution in [0.25, 0.3) is 0 Å². The Balaban J connectivity index is 3.78. The molecule has 0 aromatic heterocycles. The Labute approximate surface area is 239 Å². The van der Waals surface area contributed by atoms with Crippen molar-refractivity contribution in [1.29, 1.82) is 0 Å². The van der Waals surface area contributed by atoms with Crippen molar-refractivity contribution in [3.8, 4) is 0 Å². The summed E-state index contributed by atoms with van der Waals surface area (Å²) in [6, 6.07) is 4.47. The van der Waals surface area contributed by atoms with E-state index < -0.39 is 24.9 Å². The third-order valence-corrected chi connectivity index (χ3v) is 11.7. The summed E-state index contributed by atoms with van der Waals surface area (Å²) in [7, 11) is 0. The molecule has 0 amide bonds. The van der Waals surface area contributed by atoms with Crippen LogP contribution in [0.3, 0.4) is 0 Å². The van der Waals surface area contributed by atoms with Gasteiger partial charge in [-0.1, -0.05) is 188 Å². The Morgan fingerprint density at radius 3 is 1.41 bits per heavy atom. The van der Waals surface area contributed by atoms with Gasteiger partial charge in [0.15, 0.2) is 8.67 Å². The quantitative estimate of drug-likeness (QED) is 0.261. The average molecular weight is 687 g/mol. The second kappa shape index (κ2) is 10.1. The molecule has 0 N–H and O–H groups in total.